The fourth-order valence-corrected chi connectivity index (χ4v) is 15.2. The lowest BCUT2D eigenvalue weighted by Crippen LogP contribution is -1.93. The van der Waals surface area contributed by atoms with Crippen molar-refractivity contribution in [2.45, 2.75) is 75.7 Å². The number of oxazole rings is 2. The predicted octanol–water partition coefficient (Wildman–Crippen LogP) is 21.3. The summed E-state index contributed by atoms with van der Waals surface area (Å²) in [7, 11) is 0. The number of rotatable bonds is 2. The zero-order valence-corrected chi connectivity index (χ0v) is 56.2. The average molecular weight is 1290 g/mol. The highest BCUT2D eigenvalue weighted by Crippen LogP contribution is 2.41. The van der Waals surface area contributed by atoms with Crippen molar-refractivity contribution < 1.29 is 8.83 Å². The first kappa shape index (κ1) is 59.7. The minimum absolute atomic E-state index is 0.662. The molecule has 20 rings (SSSR count). The second-order valence-corrected chi connectivity index (χ2v) is 27.0. The van der Waals surface area contributed by atoms with E-state index in [0.29, 0.717) is 11.8 Å². The first-order valence-corrected chi connectivity index (χ1v) is 33.6. The fourth-order valence-electron chi connectivity index (χ4n) is 13.6. The van der Waals surface area contributed by atoms with Crippen molar-refractivity contribution in [1.82, 2.24) is 39.9 Å². The molecule has 3 N–H and O–H groups in total. The summed E-state index contributed by atoms with van der Waals surface area (Å²) in [5.41, 5.74) is 22.6. The van der Waals surface area contributed by atoms with Crippen molar-refractivity contribution in [2.24, 2.45) is 20.0 Å². The number of fused-ring (bicyclic) bond motifs is 19. The van der Waals surface area contributed by atoms with Crippen LogP contribution in [-0.2, 0) is 6.42 Å². The first-order chi connectivity index (χ1) is 46.6. The predicted molar refractivity (Wildman–Crippen MR) is 401 cm³/mol. The largest absolute Gasteiger partial charge is 0.441 e. The van der Waals surface area contributed by atoms with Gasteiger partial charge in [-0.1, -0.05) is 140 Å². The molecule has 468 valence electrons. The Morgan fingerprint density at radius 2 is 0.938 bits per heavy atom. The van der Waals surface area contributed by atoms with E-state index in [9.17, 15) is 0 Å². The van der Waals surface area contributed by atoms with Gasteiger partial charge in [-0.2, -0.15) is 0 Å². The Hall–Kier alpha value is -11.3. The van der Waals surface area contributed by atoms with Gasteiger partial charge < -0.3 is 23.8 Å². The van der Waals surface area contributed by atoms with Crippen LogP contribution in [0.3, 0.4) is 0 Å². The Morgan fingerprint density at radius 3 is 1.59 bits per heavy atom. The highest BCUT2D eigenvalue weighted by atomic mass is 32.1. The molecule has 3 aliphatic heterocycles. The number of hydrogen-bond acceptors (Lipinski definition) is 12. The van der Waals surface area contributed by atoms with Crippen molar-refractivity contribution in [2.75, 3.05) is 0 Å². The maximum atomic E-state index is 5.56. The normalized spacial score (nSPS) is 13.9. The molecule has 17 aromatic rings. The van der Waals surface area contributed by atoms with Crippen LogP contribution in [0.25, 0.3) is 119 Å². The van der Waals surface area contributed by atoms with E-state index in [-0.39, 0.29) is 0 Å². The van der Waals surface area contributed by atoms with E-state index in [4.69, 9.17) is 23.8 Å². The number of aromatic amines is 3. The molecule has 3 aliphatic rings. The number of aromatic nitrogens is 8. The Balaban J connectivity index is 0.0000000945. The van der Waals surface area contributed by atoms with Gasteiger partial charge in [0.25, 0.3) is 0 Å². The third kappa shape index (κ3) is 10.7. The van der Waals surface area contributed by atoms with E-state index in [1.807, 2.05) is 76.2 Å². The van der Waals surface area contributed by atoms with Crippen molar-refractivity contribution >= 4 is 176 Å². The number of imidazole rings is 1. The van der Waals surface area contributed by atoms with E-state index >= 15 is 0 Å². The van der Waals surface area contributed by atoms with Gasteiger partial charge in [0.15, 0.2) is 28.8 Å². The summed E-state index contributed by atoms with van der Waals surface area (Å²) in [6.45, 7) is 20.2. The SMILES string of the molecule is CC1=NC(=Cc2[nH]c(C)c3ccccc23)c2ccccc21.CC1=NC(=Nc2[nH]c(C)c3ccccc23)c2ccccc21.CC1=Nc2c(ccc3ccc4[nH]c(C)nc4c23)C1.Cc1nc2c(ccc3ccc4oc(C)nc4c32)o1.Cc1nc2c(ccc3ccc4sc(C)nc4c32)s1. The van der Waals surface area contributed by atoms with Gasteiger partial charge >= 0.3 is 0 Å². The number of nitrogens with zero attached hydrogens (tertiary/aromatic N) is 9. The number of aliphatic imine (C=N–C) groups is 4. The third-order valence-corrected chi connectivity index (χ3v) is 19.7. The van der Waals surface area contributed by atoms with Gasteiger partial charge in [-0.3, -0.25) is 9.98 Å². The molecule has 0 saturated carbocycles. The van der Waals surface area contributed by atoms with Gasteiger partial charge in [0.05, 0.1) is 52.9 Å². The molecule has 10 aromatic carbocycles. The highest BCUT2D eigenvalue weighted by molar-refractivity contribution is 7.19. The molecule has 7 aromatic heterocycles. The Bertz CT molecular complexity index is 5760. The van der Waals surface area contributed by atoms with E-state index in [2.05, 4.69) is 214 Å². The summed E-state index contributed by atoms with van der Waals surface area (Å²) in [5, 5.41) is 14.0. The average Bonchev–Trinajstić information content (AvgIpc) is 1.59. The van der Waals surface area contributed by atoms with E-state index in [1.165, 1.54) is 80.8 Å². The van der Waals surface area contributed by atoms with E-state index < -0.39 is 0 Å². The van der Waals surface area contributed by atoms with Crippen LogP contribution in [0.4, 0.5) is 11.5 Å². The van der Waals surface area contributed by atoms with E-state index in [1.54, 1.807) is 22.7 Å². The third-order valence-electron chi connectivity index (χ3n) is 17.8. The molecule has 0 spiro atoms. The van der Waals surface area contributed by atoms with Crippen LogP contribution < -0.4 is 0 Å². The number of benzene rings is 10. The lowest BCUT2D eigenvalue weighted by atomic mass is 10.0. The molecule has 0 radical (unpaired) electrons. The quantitative estimate of drug-likeness (QED) is 0.154. The van der Waals surface area contributed by atoms with Crippen LogP contribution >= 0.6 is 22.7 Å². The summed E-state index contributed by atoms with van der Waals surface area (Å²) in [4.78, 5) is 51.8. The lowest BCUT2D eigenvalue weighted by Gasteiger charge is -2.04. The van der Waals surface area contributed by atoms with Crippen molar-refractivity contribution in [3.8, 4) is 0 Å². The maximum Gasteiger partial charge on any atom is 0.192 e. The van der Waals surface area contributed by atoms with E-state index in [0.717, 1.165) is 134 Å². The molecule has 0 unspecified atom stereocenters. The fraction of sp³-hybridized carbons (Fsp3) is 0.138. The van der Waals surface area contributed by atoms with Crippen LogP contribution in [0.5, 0.6) is 0 Å². The van der Waals surface area contributed by atoms with Crippen LogP contribution in [0.1, 0.15) is 93.3 Å². The summed E-state index contributed by atoms with van der Waals surface area (Å²) in [5.74, 6) is 3.94. The zero-order chi connectivity index (χ0) is 65.6. The van der Waals surface area contributed by atoms with Crippen molar-refractivity contribution in [3.63, 3.8) is 0 Å². The van der Waals surface area contributed by atoms with Crippen molar-refractivity contribution in [1.29, 1.82) is 0 Å². The molecule has 0 saturated heterocycles. The highest BCUT2D eigenvalue weighted by Gasteiger charge is 2.22. The van der Waals surface area contributed by atoms with Crippen LogP contribution in [0, 0.1) is 48.5 Å². The molecular weight excluding hydrogens is 1230 g/mol. The number of thiazole rings is 2. The van der Waals surface area contributed by atoms with Gasteiger partial charge in [-0.25, -0.2) is 34.9 Å². The summed E-state index contributed by atoms with van der Waals surface area (Å²) in [6.07, 6.45) is 3.12. The summed E-state index contributed by atoms with van der Waals surface area (Å²) < 4.78 is 13.6. The molecule has 0 bridgehead atoms. The Labute approximate surface area is 559 Å². The number of hydrogen-bond donors (Lipinski definition) is 3. The van der Waals surface area contributed by atoms with Crippen LogP contribution in [0.2, 0.25) is 0 Å². The van der Waals surface area contributed by atoms with Gasteiger partial charge in [0.1, 0.15) is 22.7 Å². The summed E-state index contributed by atoms with van der Waals surface area (Å²) >= 11 is 3.49. The molecule has 10 heterocycles. The number of nitrogens with one attached hydrogen (secondary N) is 3. The molecule has 0 atom stereocenters. The molecule has 0 amide bonds. The van der Waals surface area contributed by atoms with Gasteiger partial charge in [0, 0.05) is 114 Å². The van der Waals surface area contributed by atoms with Crippen LogP contribution in [-0.4, -0.2) is 62.8 Å². The first-order valence-electron chi connectivity index (χ1n) is 32.0. The molecule has 0 aliphatic carbocycles. The Kier molecular flexibility index (Phi) is 14.9. The van der Waals surface area contributed by atoms with Gasteiger partial charge in [-0.15, -0.1) is 22.7 Å². The monoisotopic (exact) mass is 1290 g/mol. The standard InChI is InChI=1S/C19H16N2.C18H15N3.C15H13N3.C14H10N2O2.C14H10N2S2/c1-12-14-7-3-5-9-16(14)18(20-12)11-19-17-10-6-4-8-15(17)13(2)21-19;1-11-13-7-3-5-9-15(13)17(19-11)21-18-16-10-6-4-8-14(16)12(2)20-18;1-8-7-11-4-3-10-5-6-12-15(18-9(2)17-12)13(10)14(11)16-8;2*1-7-15-13-10(17-7)5-3-9-4-6-11-14(12(9)13)16-8(2)18-11/h3-11,20H,1-2H3;3-10,19H,1-2H3;3-6H,7H2,1-2H3,(H,17,18);2*3-6H,1-2H3. The number of aryl methyl sites for hydroxylation is 7. The summed E-state index contributed by atoms with van der Waals surface area (Å²) in [6, 6.07) is 58.6. The maximum absolute atomic E-state index is 5.56. The Morgan fingerprint density at radius 1 is 0.427 bits per heavy atom. The number of amidine groups is 1. The molecule has 96 heavy (non-hydrogen) atoms. The molecule has 14 nitrogen and oxygen atoms in total. The van der Waals surface area contributed by atoms with Crippen molar-refractivity contribution in [3.05, 3.63) is 242 Å². The van der Waals surface area contributed by atoms with Gasteiger partial charge in [-0.05, 0) is 114 Å². The zero-order valence-electron chi connectivity index (χ0n) is 54.6. The lowest BCUT2D eigenvalue weighted by molar-refractivity contribution is 0.560. The second kappa shape index (κ2) is 23.9. The molecule has 0 fully saturated rings. The molecule has 16 heteroatoms. The van der Waals surface area contributed by atoms with Crippen LogP contribution in [0.15, 0.2) is 199 Å². The smallest absolute Gasteiger partial charge is 0.192 e. The molecular formula is C80H64N12O2S2. The number of H-pyrrole nitrogens is 3. The topological polar surface area (TPSA) is 188 Å². The van der Waals surface area contributed by atoms with Gasteiger partial charge in [0.2, 0.25) is 0 Å². The minimum atomic E-state index is 0.662. The second-order valence-electron chi connectivity index (χ2n) is 24.6. The minimum Gasteiger partial charge on any atom is -0.441 e.